The highest BCUT2D eigenvalue weighted by atomic mass is 32.2. The van der Waals surface area contributed by atoms with Crippen LogP contribution in [-0.2, 0) is 22.9 Å². The largest absolute Gasteiger partial charge is 0.245 e. The number of hydrogen-bond acceptors (Lipinski definition) is 4. The van der Waals surface area contributed by atoms with Gasteiger partial charge in [0, 0.05) is 30.9 Å². The minimum atomic E-state index is -3.39. The van der Waals surface area contributed by atoms with Gasteiger partial charge in [-0.2, -0.15) is 4.31 Å². The molecule has 1 aromatic heterocycles. The second kappa shape index (κ2) is 6.26. The van der Waals surface area contributed by atoms with Crippen LogP contribution in [0, 0.1) is 0 Å². The fourth-order valence-electron chi connectivity index (χ4n) is 3.79. The number of sulfonamides is 1. The van der Waals surface area contributed by atoms with E-state index in [0.29, 0.717) is 23.9 Å². The molecular weight excluding hydrogens is 322 g/mol. The number of fused-ring (bicyclic) bond motifs is 1. The molecule has 1 fully saturated rings. The van der Waals surface area contributed by atoms with E-state index in [1.165, 1.54) is 11.1 Å². The first kappa shape index (κ1) is 15.7. The van der Waals surface area contributed by atoms with Crippen LogP contribution in [0.2, 0.25) is 0 Å². The molecule has 0 radical (unpaired) electrons. The Labute approximate surface area is 142 Å². The van der Waals surface area contributed by atoms with Gasteiger partial charge in [0.15, 0.2) is 0 Å². The molecule has 0 bridgehead atoms. The normalized spacial score (nSPS) is 19.3. The molecule has 24 heavy (non-hydrogen) atoms. The van der Waals surface area contributed by atoms with E-state index in [1.54, 1.807) is 22.9 Å². The van der Waals surface area contributed by atoms with Crippen LogP contribution in [0.25, 0.3) is 0 Å². The van der Waals surface area contributed by atoms with Crippen molar-refractivity contribution in [2.24, 2.45) is 0 Å². The highest BCUT2D eigenvalue weighted by Crippen LogP contribution is 2.31. The summed E-state index contributed by atoms with van der Waals surface area (Å²) in [6.45, 7) is 1.10. The minimum Gasteiger partial charge on any atom is -0.245 e. The first-order valence-corrected chi connectivity index (χ1v) is 9.96. The van der Waals surface area contributed by atoms with Crippen molar-refractivity contribution in [3.8, 4) is 0 Å². The fourth-order valence-corrected chi connectivity index (χ4v) is 5.31. The van der Waals surface area contributed by atoms with Crippen molar-refractivity contribution in [3.63, 3.8) is 0 Å². The van der Waals surface area contributed by atoms with Gasteiger partial charge in [0.25, 0.3) is 0 Å². The first-order chi connectivity index (χ1) is 11.6. The molecular formula is C18H21N3O2S. The summed E-state index contributed by atoms with van der Waals surface area (Å²) in [6.07, 6.45) is 8.11. The smallest absolute Gasteiger partial charge is 0.243 e. The Kier molecular flexibility index (Phi) is 4.10. The molecule has 1 aliphatic carbocycles. The van der Waals surface area contributed by atoms with Gasteiger partial charge in [-0.15, -0.1) is 0 Å². The van der Waals surface area contributed by atoms with Gasteiger partial charge in [-0.05, 0) is 61.4 Å². The lowest BCUT2D eigenvalue weighted by Crippen LogP contribution is -2.38. The third-order valence-corrected chi connectivity index (χ3v) is 7.08. The zero-order valence-corrected chi connectivity index (χ0v) is 14.4. The number of benzene rings is 1. The number of rotatable bonds is 3. The van der Waals surface area contributed by atoms with Crippen LogP contribution in [0.1, 0.15) is 42.0 Å². The standard InChI is InChI=1S/C18H21N3O2S/c22-24(23,17-5-4-14-2-1-3-16(14)12-17)21-10-7-15(8-11-21)18-6-9-19-13-20-18/h4-6,9,12-13,15H,1-3,7-8,10-11H2. The molecule has 4 rings (SSSR count). The SMILES string of the molecule is O=S(=O)(c1ccc2c(c1)CCC2)N1CCC(c2ccncn2)CC1. The summed E-state index contributed by atoms with van der Waals surface area (Å²) in [4.78, 5) is 8.70. The molecule has 2 aromatic rings. The van der Waals surface area contributed by atoms with Gasteiger partial charge in [-0.25, -0.2) is 18.4 Å². The van der Waals surface area contributed by atoms with Gasteiger partial charge in [0.2, 0.25) is 10.0 Å². The van der Waals surface area contributed by atoms with Crippen LogP contribution in [0.3, 0.4) is 0 Å². The van der Waals surface area contributed by atoms with Crippen molar-refractivity contribution >= 4 is 10.0 Å². The Balaban J connectivity index is 1.50. The Hall–Kier alpha value is -1.79. The van der Waals surface area contributed by atoms with Crippen molar-refractivity contribution in [2.75, 3.05) is 13.1 Å². The third-order valence-electron chi connectivity index (χ3n) is 5.18. The fraction of sp³-hybridized carbons (Fsp3) is 0.444. The first-order valence-electron chi connectivity index (χ1n) is 8.52. The summed E-state index contributed by atoms with van der Waals surface area (Å²) in [5.41, 5.74) is 3.52. The van der Waals surface area contributed by atoms with Gasteiger partial charge in [0.1, 0.15) is 6.33 Å². The van der Waals surface area contributed by atoms with Crippen LogP contribution < -0.4 is 0 Å². The second-order valence-electron chi connectivity index (χ2n) is 6.60. The van der Waals surface area contributed by atoms with E-state index in [0.717, 1.165) is 37.8 Å². The number of piperidine rings is 1. The monoisotopic (exact) mass is 343 g/mol. The summed E-state index contributed by atoms with van der Waals surface area (Å²) in [5, 5.41) is 0. The van der Waals surface area contributed by atoms with E-state index in [4.69, 9.17) is 0 Å². The predicted molar refractivity (Wildman–Crippen MR) is 91.2 cm³/mol. The van der Waals surface area contributed by atoms with Gasteiger partial charge in [-0.1, -0.05) is 6.07 Å². The van der Waals surface area contributed by atoms with Crippen molar-refractivity contribution in [3.05, 3.63) is 53.6 Å². The molecule has 0 saturated carbocycles. The molecule has 0 spiro atoms. The second-order valence-corrected chi connectivity index (χ2v) is 8.53. The number of aromatic nitrogens is 2. The highest BCUT2D eigenvalue weighted by Gasteiger charge is 2.31. The summed E-state index contributed by atoms with van der Waals surface area (Å²) in [6, 6.07) is 7.57. The lowest BCUT2D eigenvalue weighted by atomic mass is 9.94. The molecule has 6 heteroatoms. The lowest BCUT2D eigenvalue weighted by Gasteiger charge is -2.31. The van der Waals surface area contributed by atoms with E-state index in [-0.39, 0.29) is 0 Å². The zero-order valence-electron chi connectivity index (χ0n) is 13.6. The van der Waals surface area contributed by atoms with E-state index in [9.17, 15) is 8.42 Å². The molecule has 0 atom stereocenters. The van der Waals surface area contributed by atoms with E-state index in [2.05, 4.69) is 9.97 Å². The molecule has 0 unspecified atom stereocenters. The lowest BCUT2D eigenvalue weighted by molar-refractivity contribution is 0.316. The quantitative estimate of drug-likeness (QED) is 0.859. The number of hydrogen-bond donors (Lipinski definition) is 0. The molecule has 5 nitrogen and oxygen atoms in total. The summed E-state index contributed by atoms with van der Waals surface area (Å²) in [5.74, 6) is 0.319. The summed E-state index contributed by atoms with van der Waals surface area (Å²) < 4.78 is 27.5. The maximum absolute atomic E-state index is 12.9. The van der Waals surface area contributed by atoms with Crippen molar-refractivity contribution in [1.82, 2.24) is 14.3 Å². The van der Waals surface area contributed by atoms with Gasteiger partial charge < -0.3 is 0 Å². The molecule has 126 valence electrons. The molecule has 1 aliphatic heterocycles. The molecule has 0 amide bonds. The zero-order chi connectivity index (χ0) is 16.6. The van der Waals surface area contributed by atoms with Crippen LogP contribution >= 0.6 is 0 Å². The van der Waals surface area contributed by atoms with Crippen LogP contribution in [0.15, 0.2) is 41.7 Å². The number of nitrogens with zero attached hydrogens (tertiary/aromatic N) is 3. The summed E-state index contributed by atoms with van der Waals surface area (Å²) >= 11 is 0. The van der Waals surface area contributed by atoms with Crippen molar-refractivity contribution in [1.29, 1.82) is 0 Å². The minimum absolute atomic E-state index is 0.319. The van der Waals surface area contributed by atoms with E-state index < -0.39 is 10.0 Å². The molecule has 2 heterocycles. The van der Waals surface area contributed by atoms with Gasteiger partial charge >= 0.3 is 0 Å². The summed E-state index contributed by atoms with van der Waals surface area (Å²) in [7, 11) is -3.39. The van der Waals surface area contributed by atoms with E-state index >= 15 is 0 Å². The topological polar surface area (TPSA) is 63.2 Å². The molecule has 2 aliphatic rings. The Morgan fingerprint density at radius 1 is 1.04 bits per heavy atom. The average molecular weight is 343 g/mol. The Morgan fingerprint density at radius 2 is 1.83 bits per heavy atom. The Morgan fingerprint density at radius 3 is 2.58 bits per heavy atom. The van der Waals surface area contributed by atoms with Crippen LogP contribution in [0.4, 0.5) is 0 Å². The highest BCUT2D eigenvalue weighted by molar-refractivity contribution is 7.89. The Bertz CT molecular complexity index is 829. The van der Waals surface area contributed by atoms with E-state index in [1.807, 2.05) is 18.2 Å². The van der Waals surface area contributed by atoms with Gasteiger partial charge in [-0.3, -0.25) is 0 Å². The number of aryl methyl sites for hydroxylation is 2. The molecule has 1 aromatic carbocycles. The van der Waals surface area contributed by atoms with Crippen molar-refractivity contribution < 1.29 is 8.42 Å². The maximum Gasteiger partial charge on any atom is 0.243 e. The average Bonchev–Trinajstić information content (AvgIpc) is 3.10. The molecule has 1 saturated heterocycles. The molecule has 0 N–H and O–H groups in total. The van der Waals surface area contributed by atoms with Crippen LogP contribution in [0.5, 0.6) is 0 Å². The van der Waals surface area contributed by atoms with Crippen molar-refractivity contribution in [2.45, 2.75) is 42.9 Å². The third kappa shape index (κ3) is 2.84. The predicted octanol–water partition coefficient (Wildman–Crippen LogP) is 2.53. The maximum atomic E-state index is 12.9. The van der Waals surface area contributed by atoms with Gasteiger partial charge in [0.05, 0.1) is 4.90 Å². The van der Waals surface area contributed by atoms with Crippen LogP contribution in [-0.4, -0.2) is 35.8 Å².